The molecule has 2 N–H and O–H groups in total. The fourth-order valence-electron chi connectivity index (χ4n) is 3.06. The minimum Gasteiger partial charge on any atom is -0.351 e. The maximum atomic E-state index is 12.6. The fraction of sp³-hybridized carbons (Fsp3) is 0.375. The van der Waals surface area contributed by atoms with Gasteiger partial charge in [0.1, 0.15) is 0 Å². The van der Waals surface area contributed by atoms with Crippen molar-refractivity contribution >= 4 is 39.0 Å². The van der Waals surface area contributed by atoms with Crippen LogP contribution in [0.25, 0.3) is 0 Å². The first-order valence-electron chi connectivity index (χ1n) is 6.95. The van der Waals surface area contributed by atoms with Crippen molar-refractivity contribution in [2.24, 2.45) is 5.41 Å². The highest BCUT2D eigenvalue weighted by molar-refractivity contribution is 9.10. The Morgan fingerprint density at radius 1 is 1.24 bits per heavy atom. The van der Waals surface area contributed by atoms with E-state index in [-0.39, 0.29) is 17.2 Å². The molecule has 1 aliphatic carbocycles. The van der Waals surface area contributed by atoms with Crippen LogP contribution in [0.1, 0.15) is 38.3 Å². The molecule has 5 heteroatoms. The number of carbonyl (C=O) groups excluding carboxylic acids is 1. The van der Waals surface area contributed by atoms with Gasteiger partial charge in [-0.05, 0) is 41.7 Å². The highest BCUT2D eigenvalue weighted by Gasteiger charge is 2.39. The standard InChI is InChI=1S/C16H17BrN2OS/c1-16(2)7-11-13(12(20)8-16)14(19-15(21)18-11)9-3-5-10(17)6-4-9/h3-6,14H,7-8H2,1-2H3,(H2,18,19,21)/t14-/m0/s1. The number of rotatable bonds is 1. The maximum Gasteiger partial charge on any atom is 0.171 e. The van der Waals surface area contributed by atoms with Gasteiger partial charge in [0.2, 0.25) is 0 Å². The van der Waals surface area contributed by atoms with Crippen LogP contribution in [0, 0.1) is 5.41 Å². The van der Waals surface area contributed by atoms with E-state index >= 15 is 0 Å². The lowest BCUT2D eigenvalue weighted by Gasteiger charge is -2.39. The van der Waals surface area contributed by atoms with Crippen LogP contribution < -0.4 is 10.6 Å². The summed E-state index contributed by atoms with van der Waals surface area (Å²) in [7, 11) is 0. The first-order valence-corrected chi connectivity index (χ1v) is 8.15. The smallest absolute Gasteiger partial charge is 0.171 e. The number of allylic oxidation sites excluding steroid dienone is 1. The molecule has 21 heavy (non-hydrogen) atoms. The summed E-state index contributed by atoms with van der Waals surface area (Å²) in [6.07, 6.45) is 1.43. The van der Waals surface area contributed by atoms with Crippen molar-refractivity contribution in [2.45, 2.75) is 32.7 Å². The van der Waals surface area contributed by atoms with Gasteiger partial charge in [-0.1, -0.05) is 41.9 Å². The number of thiocarbonyl (C=S) groups is 1. The highest BCUT2D eigenvalue weighted by Crippen LogP contribution is 2.41. The molecule has 1 aromatic rings. The Balaban J connectivity index is 2.06. The van der Waals surface area contributed by atoms with Gasteiger partial charge in [-0.25, -0.2) is 0 Å². The number of benzene rings is 1. The highest BCUT2D eigenvalue weighted by atomic mass is 79.9. The molecule has 0 fully saturated rings. The van der Waals surface area contributed by atoms with E-state index in [4.69, 9.17) is 12.2 Å². The third-order valence-corrected chi connectivity index (χ3v) is 4.70. The fourth-order valence-corrected chi connectivity index (χ4v) is 3.57. The molecule has 0 spiro atoms. The Kier molecular flexibility index (Phi) is 3.66. The number of ketones is 1. The molecular formula is C16H17BrN2OS. The third kappa shape index (κ3) is 2.90. The first-order chi connectivity index (χ1) is 9.85. The number of halogens is 1. The average Bonchev–Trinajstić information content (AvgIpc) is 2.36. The molecule has 1 heterocycles. The van der Waals surface area contributed by atoms with Crippen LogP contribution >= 0.6 is 28.1 Å². The lowest BCUT2D eigenvalue weighted by molar-refractivity contribution is -0.118. The molecule has 0 bridgehead atoms. The van der Waals surface area contributed by atoms with Crippen LogP contribution in [0.2, 0.25) is 0 Å². The van der Waals surface area contributed by atoms with Crippen molar-refractivity contribution in [3.05, 3.63) is 45.6 Å². The van der Waals surface area contributed by atoms with Crippen molar-refractivity contribution in [1.29, 1.82) is 0 Å². The van der Waals surface area contributed by atoms with Crippen LogP contribution in [0.3, 0.4) is 0 Å². The zero-order valence-corrected chi connectivity index (χ0v) is 14.4. The molecule has 3 rings (SSSR count). The van der Waals surface area contributed by atoms with Crippen molar-refractivity contribution in [2.75, 3.05) is 0 Å². The number of nitrogens with one attached hydrogen (secondary N) is 2. The predicted octanol–water partition coefficient (Wildman–Crippen LogP) is 3.61. The van der Waals surface area contributed by atoms with E-state index in [1.807, 2.05) is 24.3 Å². The number of hydrogen-bond donors (Lipinski definition) is 2. The summed E-state index contributed by atoms with van der Waals surface area (Å²) in [5.41, 5.74) is 2.86. The van der Waals surface area contributed by atoms with E-state index in [1.165, 1.54) is 0 Å². The number of carbonyl (C=O) groups is 1. The summed E-state index contributed by atoms with van der Waals surface area (Å²) >= 11 is 8.75. The van der Waals surface area contributed by atoms with Crippen molar-refractivity contribution in [3.63, 3.8) is 0 Å². The van der Waals surface area contributed by atoms with Crippen LogP contribution in [0.15, 0.2) is 40.0 Å². The van der Waals surface area contributed by atoms with Gasteiger partial charge in [0, 0.05) is 22.2 Å². The molecule has 3 nitrogen and oxygen atoms in total. The summed E-state index contributed by atoms with van der Waals surface area (Å²) in [5, 5.41) is 7.01. The Hall–Kier alpha value is -1.20. The minimum absolute atomic E-state index is 0.0138. The molecule has 2 aliphatic rings. The summed E-state index contributed by atoms with van der Waals surface area (Å²) in [4.78, 5) is 12.6. The van der Waals surface area contributed by atoms with Crippen molar-refractivity contribution in [3.8, 4) is 0 Å². The second-order valence-electron chi connectivity index (χ2n) is 6.42. The third-order valence-electron chi connectivity index (χ3n) is 3.95. The minimum atomic E-state index is -0.148. The molecular weight excluding hydrogens is 348 g/mol. The van der Waals surface area contributed by atoms with Crippen LogP contribution in [0.4, 0.5) is 0 Å². The Bertz CT molecular complexity index is 649. The van der Waals surface area contributed by atoms with E-state index in [9.17, 15) is 4.79 Å². The largest absolute Gasteiger partial charge is 0.351 e. The van der Waals surface area contributed by atoms with Crippen LogP contribution in [-0.4, -0.2) is 10.9 Å². The van der Waals surface area contributed by atoms with Crippen molar-refractivity contribution < 1.29 is 4.79 Å². The zero-order valence-electron chi connectivity index (χ0n) is 12.0. The van der Waals surface area contributed by atoms with Gasteiger partial charge in [-0.3, -0.25) is 4.79 Å². The molecule has 1 aromatic carbocycles. The normalized spacial score (nSPS) is 24.2. The molecule has 0 saturated heterocycles. The monoisotopic (exact) mass is 364 g/mol. The second-order valence-corrected chi connectivity index (χ2v) is 7.74. The lowest BCUT2D eigenvalue weighted by Crippen LogP contribution is -2.48. The summed E-state index contributed by atoms with van der Waals surface area (Å²) < 4.78 is 1.02. The van der Waals surface area contributed by atoms with Gasteiger partial charge in [0.25, 0.3) is 0 Å². The van der Waals surface area contributed by atoms with E-state index in [0.717, 1.165) is 27.7 Å². The summed E-state index contributed by atoms with van der Waals surface area (Å²) in [6, 6.07) is 7.87. The summed E-state index contributed by atoms with van der Waals surface area (Å²) in [5.74, 6) is 0.205. The molecule has 0 amide bonds. The number of hydrogen-bond acceptors (Lipinski definition) is 2. The maximum absolute atomic E-state index is 12.6. The molecule has 1 aliphatic heterocycles. The van der Waals surface area contributed by atoms with Crippen LogP contribution in [-0.2, 0) is 4.79 Å². The average molecular weight is 365 g/mol. The Labute approximate surface area is 138 Å². The van der Waals surface area contributed by atoms with E-state index in [2.05, 4.69) is 40.4 Å². The molecule has 1 atom stereocenters. The quantitative estimate of drug-likeness (QED) is 0.746. The lowest BCUT2D eigenvalue weighted by atomic mass is 9.73. The van der Waals surface area contributed by atoms with E-state index in [1.54, 1.807) is 0 Å². The van der Waals surface area contributed by atoms with E-state index in [0.29, 0.717) is 11.5 Å². The molecule has 0 unspecified atom stereocenters. The first kappa shape index (κ1) is 14.7. The van der Waals surface area contributed by atoms with Gasteiger partial charge in [0.05, 0.1) is 6.04 Å². The molecule has 0 radical (unpaired) electrons. The molecule has 0 saturated carbocycles. The molecule has 110 valence electrons. The van der Waals surface area contributed by atoms with Gasteiger partial charge >= 0.3 is 0 Å². The van der Waals surface area contributed by atoms with Gasteiger partial charge in [-0.15, -0.1) is 0 Å². The van der Waals surface area contributed by atoms with Gasteiger partial charge in [0.15, 0.2) is 10.9 Å². The molecule has 0 aromatic heterocycles. The topological polar surface area (TPSA) is 41.1 Å². The zero-order chi connectivity index (χ0) is 15.2. The predicted molar refractivity (Wildman–Crippen MR) is 90.8 cm³/mol. The van der Waals surface area contributed by atoms with Crippen LogP contribution in [0.5, 0.6) is 0 Å². The van der Waals surface area contributed by atoms with Crippen molar-refractivity contribution in [1.82, 2.24) is 10.6 Å². The summed E-state index contributed by atoms with van der Waals surface area (Å²) in [6.45, 7) is 4.24. The van der Waals surface area contributed by atoms with Gasteiger partial charge in [-0.2, -0.15) is 0 Å². The number of Topliss-reactive ketones (excluding diaryl/α,β-unsaturated/α-hetero) is 1. The SMILES string of the molecule is CC1(C)CC(=O)C2=C(C1)NC(=S)N[C@H]2c1ccc(Br)cc1. The Morgan fingerprint density at radius 2 is 1.90 bits per heavy atom. The van der Waals surface area contributed by atoms with E-state index < -0.39 is 0 Å². The Morgan fingerprint density at radius 3 is 2.57 bits per heavy atom. The van der Waals surface area contributed by atoms with Gasteiger partial charge < -0.3 is 10.6 Å². The second kappa shape index (κ2) is 5.21.